The zero-order chi connectivity index (χ0) is 12.1. The van der Waals surface area contributed by atoms with Crippen LogP contribution in [0.15, 0.2) is 0 Å². The molecular formula is C9H19NO5. The van der Waals surface area contributed by atoms with E-state index in [9.17, 15) is 4.79 Å². The summed E-state index contributed by atoms with van der Waals surface area (Å²) in [6.07, 6.45) is -0.792. The summed E-state index contributed by atoms with van der Waals surface area (Å²) in [6.45, 7) is 3.35. The second-order valence-corrected chi connectivity index (χ2v) is 4.42. The molecule has 6 heteroatoms. The van der Waals surface area contributed by atoms with Gasteiger partial charge >= 0.3 is 6.09 Å². The fourth-order valence-electron chi connectivity index (χ4n) is 0.775. The van der Waals surface area contributed by atoms with Crippen LogP contribution < -0.4 is 5.32 Å². The monoisotopic (exact) mass is 221 g/mol. The Balaban J connectivity index is 4.36. The SMILES string of the molecule is CC(C)(C)NC(=O)OC(CO)(CO)CO. The van der Waals surface area contributed by atoms with Crippen LogP contribution in [-0.4, -0.2) is 52.4 Å². The first-order chi connectivity index (χ1) is 6.78. The van der Waals surface area contributed by atoms with Gasteiger partial charge in [0.15, 0.2) is 5.60 Å². The Morgan fingerprint density at radius 3 is 1.80 bits per heavy atom. The van der Waals surface area contributed by atoms with Crippen molar-refractivity contribution >= 4 is 6.09 Å². The molecule has 0 saturated carbocycles. The van der Waals surface area contributed by atoms with Crippen LogP contribution in [0.5, 0.6) is 0 Å². The van der Waals surface area contributed by atoms with E-state index in [4.69, 9.17) is 20.1 Å². The summed E-state index contributed by atoms with van der Waals surface area (Å²) in [5.41, 5.74) is -2.11. The Morgan fingerprint density at radius 1 is 1.13 bits per heavy atom. The molecule has 0 aromatic heterocycles. The van der Waals surface area contributed by atoms with E-state index in [1.165, 1.54) is 0 Å². The summed E-state index contributed by atoms with van der Waals surface area (Å²) >= 11 is 0. The van der Waals surface area contributed by atoms with Crippen LogP contribution in [0, 0.1) is 0 Å². The van der Waals surface area contributed by atoms with Crippen molar-refractivity contribution in [1.82, 2.24) is 5.32 Å². The maximum Gasteiger partial charge on any atom is 0.408 e. The predicted molar refractivity (Wildman–Crippen MR) is 53.4 cm³/mol. The standard InChI is InChI=1S/C9H19NO5/c1-8(2,3)10-7(14)15-9(4-11,5-12)6-13/h11-13H,4-6H2,1-3H3,(H,10,14). The minimum Gasteiger partial charge on any atom is -0.436 e. The summed E-state index contributed by atoms with van der Waals surface area (Å²) in [5, 5.41) is 29.2. The molecule has 90 valence electrons. The summed E-state index contributed by atoms with van der Waals surface area (Å²) in [6, 6.07) is 0. The Hall–Kier alpha value is -0.850. The molecule has 0 atom stereocenters. The Bertz CT molecular complexity index is 199. The highest BCUT2D eigenvalue weighted by Crippen LogP contribution is 2.10. The van der Waals surface area contributed by atoms with Crippen molar-refractivity contribution in [2.24, 2.45) is 0 Å². The molecule has 4 N–H and O–H groups in total. The first-order valence-corrected chi connectivity index (χ1v) is 4.62. The van der Waals surface area contributed by atoms with Gasteiger partial charge in [0, 0.05) is 5.54 Å². The summed E-state index contributed by atoms with van der Waals surface area (Å²) in [7, 11) is 0. The van der Waals surface area contributed by atoms with Gasteiger partial charge in [0.1, 0.15) is 0 Å². The molecule has 0 rings (SSSR count). The summed E-state index contributed by atoms with van der Waals surface area (Å²) in [5.74, 6) is 0. The molecule has 1 amide bonds. The number of carbonyl (C=O) groups is 1. The lowest BCUT2D eigenvalue weighted by Gasteiger charge is -2.29. The molecule has 0 fully saturated rings. The van der Waals surface area contributed by atoms with Gasteiger partial charge in [-0.2, -0.15) is 0 Å². The van der Waals surface area contributed by atoms with Crippen molar-refractivity contribution in [3.63, 3.8) is 0 Å². The lowest BCUT2D eigenvalue weighted by atomic mass is 10.1. The van der Waals surface area contributed by atoms with E-state index in [1.807, 2.05) is 0 Å². The zero-order valence-electron chi connectivity index (χ0n) is 9.28. The van der Waals surface area contributed by atoms with Gasteiger partial charge < -0.3 is 25.4 Å². The summed E-state index contributed by atoms with van der Waals surface area (Å²) in [4.78, 5) is 11.3. The van der Waals surface area contributed by atoms with Crippen molar-refractivity contribution in [1.29, 1.82) is 0 Å². The number of amides is 1. The number of hydrogen-bond acceptors (Lipinski definition) is 5. The van der Waals surface area contributed by atoms with Crippen LogP contribution in [0.1, 0.15) is 20.8 Å². The van der Waals surface area contributed by atoms with Crippen LogP contribution in [0.4, 0.5) is 4.79 Å². The van der Waals surface area contributed by atoms with Crippen LogP contribution in [0.3, 0.4) is 0 Å². The normalized spacial score (nSPS) is 12.4. The number of nitrogens with one attached hydrogen (secondary N) is 1. The number of aliphatic hydroxyl groups excluding tert-OH is 3. The fourth-order valence-corrected chi connectivity index (χ4v) is 0.775. The highest BCUT2D eigenvalue weighted by molar-refractivity contribution is 5.68. The maximum atomic E-state index is 11.3. The highest BCUT2D eigenvalue weighted by atomic mass is 16.6. The first-order valence-electron chi connectivity index (χ1n) is 4.62. The fraction of sp³-hybridized carbons (Fsp3) is 0.889. The minimum atomic E-state index is -1.63. The largest absolute Gasteiger partial charge is 0.436 e. The molecule has 0 aliphatic rings. The maximum absolute atomic E-state index is 11.3. The second kappa shape index (κ2) is 5.29. The minimum absolute atomic E-state index is 0.483. The zero-order valence-corrected chi connectivity index (χ0v) is 9.28. The number of carbonyl (C=O) groups excluding carboxylic acids is 1. The molecule has 0 aromatic rings. The number of ether oxygens (including phenoxy) is 1. The Kier molecular flexibility index (Phi) is 4.99. The molecule has 0 unspecified atom stereocenters. The Morgan fingerprint density at radius 2 is 1.53 bits per heavy atom. The van der Waals surface area contributed by atoms with Gasteiger partial charge in [0.25, 0.3) is 0 Å². The Labute approximate surface area is 88.9 Å². The number of rotatable bonds is 4. The van der Waals surface area contributed by atoms with E-state index in [2.05, 4.69) is 5.32 Å². The molecule has 0 bridgehead atoms. The van der Waals surface area contributed by atoms with Crippen LogP contribution in [0.2, 0.25) is 0 Å². The lowest BCUT2D eigenvalue weighted by molar-refractivity contribution is -0.0941. The van der Waals surface area contributed by atoms with Gasteiger partial charge in [-0.05, 0) is 20.8 Å². The molecule has 0 radical (unpaired) electrons. The average molecular weight is 221 g/mol. The van der Waals surface area contributed by atoms with Crippen molar-refractivity contribution in [3.8, 4) is 0 Å². The summed E-state index contributed by atoms with van der Waals surface area (Å²) < 4.78 is 4.76. The first kappa shape index (κ1) is 14.2. The van der Waals surface area contributed by atoms with E-state index in [1.54, 1.807) is 20.8 Å². The van der Waals surface area contributed by atoms with Gasteiger partial charge in [0.2, 0.25) is 0 Å². The van der Waals surface area contributed by atoms with Gasteiger partial charge in [0.05, 0.1) is 19.8 Å². The third-order valence-electron chi connectivity index (χ3n) is 1.65. The lowest BCUT2D eigenvalue weighted by Crippen LogP contribution is -2.51. The van der Waals surface area contributed by atoms with Gasteiger partial charge in [-0.25, -0.2) is 4.79 Å². The van der Waals surface area contributed by atoms with E-state index < -0.39 is 37.1 Å². The molecule has 15 heavy (non-hydrogen) atoms. The highest BCUT2D eigenvalue weighted by Gasteiger charge is 2.33. The topological polar surface area (TPSA) is 99.0 Å². The molecule has 0 heterocycles. The second-order valence-electron chi connectivity index (χ2n) is 4.42. The third kappa shape index (κ3) is 4.96. The number of hydrogen-bond donors (Lipinski definition) is 4. The molecule has 6 nitrogen and oxygen atoms in total. The van der Waals surface area contributed by atoms with Crippen molar-refractivity contribution in [3.05, 3.63) is 0 Å². The van der Waals surface area contributed by atoms with Crippen molar-refractivity contribution in [2.45, 2.75) is 31.9 Å². The van der Waals surface area contributed by atoms with Gasteiger partial charge in [-0.1, -0.05) is 0 Å². The van der Waals surface area contributed by atoms with Crippen molar-refractivity contribution in [2.75, 3.05) is 19.8 Å². The molecule has 0 aromatic carbocycles. The van der Waals surface area contributed by atoms with E-state index >= 15 is 0 Å². The molecule has 0 saturated heterocycles. The van der Waals surface area contributed by atoms with Crippen LogP contribution in [-0.2, 0) is 4.74 Å². The quantitative estimate of drug-likeness (QED) is 0.499. The predicted octanol–water partition coefficient (Wildman–Crippen LogP) is -0.773. The van der Waals surface area contributed by atoms with Crippen LogP contribution >= 0.6 is 0 Å². The molecule has 0 spiro atoms. The van der Waals surface area contributed by atoms with E-state index in [0.29, 0.717) is 0 Å². The molecule has 0 aliphatic carbocycles. The van der Waals surface area contributed by atoms with Gasteiger partial charge in [-0.3, -0.25) is 0 Å². The van der Waals surface area contributed by atoms with Crippen molar-refractivity contribution < 1.29 is 24.9 Å². The smallest absolute Gasteiger partial charge is 0.408 e. The van der Waals surface area contributed by atoms with Gasteiger partial charge in [-0.15, -0.1) is 0 Å². The third-order valence-corrected chi connectivity index (χ3v) is 1.65. The number of aliphatic hydroxyl groups is 3. The number of alkyl carbamates (subject to hydrolysis) is 1. The van der Waals surface area contributed by atoms with E-state index in [0.717, 1.165) is 0 Å². The van der Waals surface area contributed by atoms with E-state index in [-0.39, 0.29) is 0 Å². The average Bonchev–Trinajstić information content (AvgIpc) is 2.11. The molecule has 0 aliphatic heterocycles. The van der Waals surface area contributed by atoms with Crippen LogP contribution in [0.25, 0.3) is 0 Å². The molecular weight excluding hydrogens is 202 g/mol.